The molecule has 0 aromatic carbocycles. The second-order valence-electron chi connectivity index (χ2n) is 5.02. The Balaban J connectivity index is 2.69. The summed E-state index contributed by atoms with van der Waals surface area (Å²) >= 11 is 16.5. The zero-order chi connectivity index (χ0) is 13.3. The van der Waals surface area contributed by atoms with Gasteiger partial charge in [-0.25, -0.2) is 4.79 Å². The van der Waals surface area contributed by atoms with Crippen molar-refractivity contribution in [2.45, 2.75) is 49.4 Å². The molecule has 0 saturated heterocycles. The van der Waals surface area contributed by atoms with E-state index in [1.54, 1.807) is 0 Å². The van der Waals surface area contributed by atoms with Crippen LogP contribution in [0.25, 0.3) is 0 Å². The Morgan fingerprint density at radius 1 is 1.41 bits per heavy atom. The Morgan fingerprint density at radius 2 is 2.00 bits per heavy atom. The van der Waals surface area contributed by atoms with Crippen molar-refractivity contribution < 1.29 is 9.53 Å². The molecule has 1 atom stereocenters. The molecule has 0 aliphatic heterocycles. The molecule has 0 aromatic rings. The number of alkyl halides is 3. The first-order valence-corrected chi connectivity index (χ1v) is 6.72. The molecule has 98 valence electrons. The smallest absolute Gasteiger partial charge is 0.359 e. The highest BCUT2D eigenvalue weighted by Gasteiger charge is 2.40. The van der Waals surface area contributed by atoms with Crippen molar-refractivity contribution in [3.63, 3.8) is 0 Å². The number of carbonyl (C=O) groups excluding carboxylic acids is 1. The molecule has 0 radical (unpaired) electrons. The predicted octanol–water partition coefficient (Wildman–Crippen LogP) is 4.42. The van der Waals surface area contributed by atoms with Crippen LogP contribution < -0.4 is 0 Å². The molecule has 0 saturated carbocycles. The standard InChI is InChI=1S/C12H17Cl3O2/c1-8-5-4-6-9(7-8)11(2,3)17-10(16)12(13,14)15/h5,9H,4,6-7H2,1-3H3. The lowest BCUT2D eigenvalue weighted by Gasteiger charge is -2.36. The summed E-state index contributed by atoms with van der Waals surface area (Å²) in [5, 5.41) is 0. The number of esters is 1. The minimum absolute atomic E-state index is 0.267. The Labute approximate surface area is 117 Å². The molecule has 0 bridgehead atoms. The van der Waals surface area contributed by atoms with Crippen molar-refractivity contribution in [3.05, 3.63) is 11.6 Å². The van der Waals surface area contributed by atoms with Gasteiger partial charge in [0.15, 0.2) is 0 Å². The Hall–Kier alpha value is 0.0800. The number of halogens is 3. The Kier molecular flexibility index (Phi) is 4.79. The van der Waals surface area contributed by atoms with Crippen molar-refractivity contribution in [3.8, 4) is 0 Å². The lowest BCUT2D eigenvalue weighted by Crippen LogP contribution is -2.40. The number of rotatable bonds is 2. The minimum atomic E-state index is -2.00. The molecule has 0 aromatic heterocycles. The van der Waals surface area contributed by atoms with Crippen molar-refractivity contribution in [2.24, 2.45) is 5.92 Å². The lowest BCUT2D eigenvalue weighted by atomic mass is 9.79. The Bertz CT molecular complexity index is 329. The van der Waals surface area contributed by atoms with E-state index >= 15 is 0 Å². The second kappa shape index (κ2) is 5.38. The van der Waals surface area contributed by atoms with Gasteiger partial charge < -0.3 is 4.74 Å². The third kappa shape index (κ3) is 4.35. The zero-order valence-corrected chi connectivity index (χ0v) is 12.5. The van der Waals surface area contributed by atoms with Crippen LogP contribution in [0.5, 0.6) is 0 Å². The van der Waals surface area contributed by atoms with Crippen LogP contribution in [-0.2, 0) is 9.53 Å². The fourth-order valence-corrected chi connectivity index (χ4v) is 2.19. The third-order valence-corrected chi connectivity index (χ3v) is 3.61. The zero-order valence-electron chi connectivity index (χ0n) is 10.2. The molecule has 0 amide bonds. The molecule has 0 N–H and O–H groups in total. The second-order valence-corrected chi connectivity index (χ2v) is 7.30. The van der Waals surface area contributed by atoms with Gasteiger partial charge in [0, 0.05) is 5.92 Å². The minimum Gasteiger partial charge on any atom is -0.456 e. The van der Waals surface area contributed by atoms with E-state index in [1.807, 2.05) is 13.8 Å². The van der Waals surface area contributed by atoms with Crippen LogP contribution in [0, 0.1) is 5.92 Å². The van der Waals surface area contributed by atoms with Crippen LogP contribution in [0.4, 0.5) is 0 Å². The molecule has 0 heterocycles. The molecular weight excluding hydrogens is 282 g/mol. The summed E-state index contributed by atoms with van der Waals surface area (Å²) in [6, 6.07) is 0. The van der Waals surface area contributed by atoms with Crippen LogP contribution in [-0.4, -0.2) is 15.4 Å². The molecule has 0 fully saturated rings. The van der Waals surface area contributed by atoms with E-state index in [-0.39, 0.29) is 5.92 Å². The van der Waals surface area contributed by atoms with Gasteiger partial charge in [-0.15, -0.1) is 0 Å². The van der Waals surface area contributed by atoms with Gasteiger partial charge in [-0.05, 0) is 40.0 Å². The number of carbonyl (C=O) groups is 1. The van der Waals surface area contributed by atoms with Gasteiger partial charge in [0.2, 0.25) is 0 Å². The summed E-state index contributed by atoms with van der Waals surface area (Å²) in [7, 11) is 0. The van der Waals surface area contributed by atoms with Gasteiger partial charge in [0.1, 0.15) is 5.60 Å². The van der Waals surface area contributed by atoms with Crippen LogP contribution >= 0.6 is 34.8 Å². The SMILES string of the molecule is CC1=CCCC(C(C)(C)OC(=O)C(Cl)(Cl)Cl)C1. The third-order valence-electron chi connectivity index (χ3n) is 3.15. The molecular formula is C12H17Cl3O2. The average Bonchev–Trinajstić information content (AvgIpc) is 2.15. The Morgan fingerprint density at radius 3 is 2.47 bits per heavy atom. The first-order chi connectivity index (χ1) is 7.63. The summed E-state index contributed by atoms with van der Waals surface area (Å²) in [6.45, 7) is 5.81. The van der Waals surface area contributed by atoms with E-state index in [4.69, 9.17) is 39.5 Å². The molecule has 5 heteroatoms. The van der Waals surface area contributed by atoms with Crippen molar-refractivity contribution in [1.29, 1.82) is 0 Å². The molecule has 2 nitrogen and oxygen atoms in total. The number of hydrogen-bond donors (Lipinski definition) is 0. The molecule has 1 unspecified atom stereocenters. The first-order valence-electron chi connectivity index (χ1n) is 5.58. The van der Waals surface area contributed by atoms with Gasteiger partial charge in [-0.2, -0.15) is 0 Å². The normalized spacial score (nSPS) is 22.0. The van der Waals surface area contributed by atoms with E-state index in [0.29, 0.717) is 0 Å². The van der Waals surface area contributed by atoms with Crippen LogP contribution in [0.15, 0.2) is 11.6 Å². The highest BCUT2D eigenvalue weighted by molar-refractivity contribution is 6.75. The fourth-order valence-electron chi connectivity index (χ4n) is 2.08. The number of ether oxygens (including phenoxy) is 1. The highest BCUT2D eigenvalue weighted by atomic mass is 35.6. The van der Waals surface area contributed by atoms with Crippen molar-refractivity contribution in [1.82, 2.24) is 0 Å². The summed E-state index contributed by atoms with van der Waals surface area (Å²) < 4.78 is 3.32. The van der Waals surface area contributed by atoms with Crippen molar-refractivity contribution >= 4 is 40.8 Å². The molecule has 1 rings (SSSR count). The molecule has 1 aliphatic carbocycles. The van der Waals surface area contributed by atoms with Gasteiger partial charge in [0.05, 0.1) is 0 Å². The summed E-state index contributed by atoms with van der Waals surface area (Å²) in [5.74, 6) is -0.538. The van der Waals surface area contributed by atoms with E-state index in [0.717, 1.165) is 19.3 Å². The van der Waals surface area contributed by atoms with Crippen LogP contribution in [0.3, 0.4) is 0 Å². The van der Waals surface area contributed by atoms with Gasteiger partial charge in [-0.1, -0.05) is 46.5 Å². The summed E-state index contributed by atoms with van der Waals surface area (Å²) in [4.78, 5) is 11.6. The highest BCUT2D eigenvalue weighted by Crippen LogP contribution is 2.37. The summed E-state index contributed by atoms with van der Waals surface area (Å²) in [5.41, 5.74) is 0.704. The summed E-state index contributed by atoms with van der Waals surface area (Å²) in [6.07, 6.45) is 5.12. The molecule has 0 spiro atoms. The van der Waals surface area contributed by atoms with Gasteiger partial charge >= 0.3 is 5.97 Å². The van der Waals surface area contributed by atoms with Crippen LogP contribution in [0.2, 0.25) is 0 Å². The van der Waals surface area contributed by atoms with Crippen LogP contribution in [0.1, 0.15) is 40.0 Å². The van der Waals surface area contributed by atoms with E-state index in [2.05, 4.69) is 13.0 Å². The fraction of sp³-hybridized carbons (Fsp3) is 0.750. The molecule has 17 heavy (non-hydrogen) atoms. The quantitative estimate of drug-likeness (QED) is 0.428. The number of allylic oxidation sites excluding steroid dienone is 2. The van der Waals surface area contributed by atoms with Gasteiger partial charge in [0.25, 0.3) is 3.79 Å². The molecule has 1 aliphatic rings. The predicted molar refractivity (Wildman–Crippen MR) is 71.6 cm³/mol. The average molecular weight is 300 g/mol. The monoisotopic (exact) mass is 298 g/mol. The maximum Gasteiger partial charge on any atom is 0.359 e. The topological polar surface area (TPSA) is 26.3 Å². The van der Waals surface area contributed by atoms with Gasteiger partial charge in [-0.3, -0.25) is 0 Å². The van der Waals surface area contributed by atoms with E-state index < -0.39 is 15.4 Å². The number of hydrogen-bond acceptors (Lipinski definition) is 2. The lowest BCUT2D eigenvalue weighted by molar-refractivity contribution is -0.161. The van der Waals surface area contributed by atoms with E-state index in [1.165, 1.54) is 5.57 Å². The van der Waals surface area contributed by atoms with E-state index in [9.17, 15) is 4.79 Å². The maximum atomic E-state index is 11.6. The maximum absolute atomic E-state index is 11.6. The van der Waals surface area contributed by atoms with Crippen molar-refractivity contribution in [2.75, 3.05) is 0 Å². The first kappa shape index (κ1) is 15.1. The largest absolute Gasteiger partial charge is 0.456 e.